The van der Waals surface area contributed by atoms with Crippen LogP contribution in [0.3, 0.4) is 0 Å². The molecule has 0 amide bonds. The van der Waals surface area contributed by atoms with Gasteiger partial charge in [-0.3, -0.25) is 4.79 Å². The van der Waals surface area contributed by atoms with Crippen LogP contribution in [-0.4, -0.2) is 19.7 Å². The second-order valence-electron chi connectivity index (χ2n) is 2.52. The van der Waals surface area contributed by atoms with E-state index in [0.29, 0.717) is 0 Å². The smallest absolute Gasteiger partial charge is 0.378 e. The van der Waals surface area contributed by atoms with Gasteiger partial charge >= 0.3 is 13.6 Å². The average molecular weight is 180 g/mol. The van der Waals surface area contributed by atoms with Gasteiger partial charge in [0.2, 0.25) is 0 Å². The Bertz CT molecular complexity index is 187. The molecule has 4 nitrogen and oxygen atoms in total. The first kappa shape index (κ1) is 10.7. The highest BCUT2D eigenvalue weighted by Crippen LogP contribution is 2.43. The van der Waals surface area contributed by atoms with Crippen LogP contribution in [0, 0.1) is 5.92 Å². The van der Waals surface area contributed by atoms with Crippen LogP contribution in [0.5, 0.6) is 0 Å². The van der Waals surface area contributed by atoms with Gasteiger partial charge in [0.05, 0.1) is 5.92 Å². The highest BCUT2D eigenvalue weighted by atomic mass is 31.2. The first-order valence-corrected chi connectivity index (χ1v) is 5.24. The Hall–Kier alpha value is -0.340. The monoisotopic (exact) mass is 180 g/mol. The Balaban J connectivity index is 4.05. The summed E-state index contributed by atoms with van der Waals surface area (Å²) in [6.07, 6.45) is 0. The second kappa shape index (κ2) is 3.88. The van der Waals surface area contributed by atoms with Crippen molar-refractivity contribution in [1.82, 2.24) is 0 Å². The predicted octanol–water partition coefficient (Wildman–Crippen LogP) is 1.65. The van der Waals surface area contributed by atoms with Crippen molar-refractivity contribution in [2.75, 3.05) is 13.8 Å². The molecule has 0 heterocycles. The number of carbonyl (C=O) groups excluding carboxylic acids is 1. The number of carbonyl (C=O) groups is 1. The van der Waals surface area contributed by atoms with Crippen molar-refractivity contribution < 1.29 is 18.4 Å². The van der Waals surface area contributed by atoms with Crippen LogP contribution in [0.2, 0.25) is 0 Å². The maximum absolute atomic E-state index is 11.0. The minimum atomic E-state index is -3.13. The van der Waals surface area contributed by atoms with Crippen molar-refractivity contribution >= 4 is 13.6 Å². The average Bonchev–Trinajstić information content (AvgIpc) is 1.87. The largest absolute Gasteiger partial charge is 0.392 e. The van der Waals surface area contributed by atoms with Crippen molar-refractivity contribution in [1.29, 1.82) is 0 Å². The van der Waals surface area contributed by atoms with Crippen molar-refractivity contribution in [3.63, 3.8) is 0 Å². The summed E-state index contributed by atoms with van der Waals surface area (Å²) in [7, 11) is -1.89. The Morgan fingerprint density at radius 2 is 1.91 bits per heavy atom. The predicted molar refractivity (Wildman–Crippen MR) is 41.5 cm³/mol. The quantitative estimate of drug-likeness (QED) is 0.619. The number of hydrogen-bond acceptors (Lipinski definition) is 4. The van der Waals surface area contributed by atoms with Crippen LogP contribution < -0.4 is 0 Å². The lowest BCUT2D eigenvalue weighted by Crippen LogP contribution is -2.10. The van der Waals surface area contributed by atoms with Crippen LogP contribution in [0.15, 0.2) is 0 Å². The molecule has 0 radical (unpaired) electrons. The molecule has 0 N–H and O–H groups in total. The molecule has 0 aliphatic rings. The molecule has 0 aliphatic carbocycles. The number of rotatable bonds is 3. The van der Waals surface area contributed by atoms with Crippen molar-refractivity contribution in [3.8, 4) is 0 Å². The van der Waals surface area contributed by atoms with E-state index >= 15 is 0 Å². The topological polar surface area (TPSA) is 52.6 Å². The first-order chi connectivity index (χ1) is 4.89. The van der Waals surface area contributed by atoms with Gasteiger partial charge in [0.25, 0.3) is 0 Å². The van der Waals surface area contributed by atoms with Gasteiger partial charge in [0, 0.05) is 13.8 Å². The molecule has 0 fully saturated rings. The summed E-state index contributed by atoms with van der Waals surface area (Å²) < 4.78 is 20.0. The lowest BCUT2D eigenvalue weighted by atomic mass is 10.2. The molecule has 0 rings (SSSR count). The Kier molecular flexibility index (Phi) is 3.76. The molecule has 0 aliphatic heterocycles. The highest BCUT2D eigenvalue weighted by Gasteiger charge is 2.21. The van der Waals surface area contributed by atoms with E-state index in [-0.39, 0.29) is 5.92 Å². The zero-order valence-corrected chi connectivity index (χ0v) is 8.05. The van der Waals surface area contributed by atoms with Gasteiger partial charge in [0.15, 0.2) is 0 Å². The fraction of sp³-hybridized carbons (Fsp3) is 0.833. The Morgan fingerprint density at radius 1 is 1.45 bits per heavy atom. The summed E-state index contributed by atoms with van der Waals surface area (Å²) in [5, 5.41) is 0. The molecule has 0 spiro atoms. The minimum absolute atomic E-state index is 0.279. The summed E-state index contributed by atoms with van der Waals surface area (Å²) in [5.41, 5.74) is 0. The summed E-state index contributed by atoms with van der Waals surface area (Å²) in [6.45, 7) is 4.59. The second-order valence-corrected chi connectivity index (χ2v) is 4.61. The van der Waals surface area contributed by atoms with Crippen molar-refractivity contribution in [2.45, 2.75) is 13.8 Å². The number of hydrogen-bond donors (Lipinski definition) is 0. The zero-order valence-electron chi connectivity index (χ0n) is 7.16. The summed E-state index contributed by atoms with van der Waals surface area (Å²) in [6, 6.07) is 0. The van der Waals surface area contributed by atoms with Crippen LogP contribution >= 0.6 is 7.60 Å². The molecular weight excluding hydrogens is 167 g/mol. The van der Waals surface area contributed by atoms with Gasteiger partial charge in [-0.25, -0.2) is 4.57 Å². The van der Waals surface area contributed by atoms with Crippen molar-refractivity contribution in [3.05, 3.63) is 0 Å². The lowest BCUT2D eigenvalue weighted by molar-refractivity contribution is -0.138. The van der Waals surface area contributed by atoms with Gasteiger partial charge in [-0.05, 0) is 0 Å². The van der Waals surface area contributed by atoms with Gasteiger partial charge < -0.3 is 9.05 Å². The zero-order chi connectivity index (χ0) is 9.07. The molecule has 0 aromatic rings. The minimum Gasteiger partial charge on any atom is -0.392 e. The lowest BCUT2D eigenvalue weighted by Gasteiger charge is -2.12. The fourth-order valence-electron chi connectivity index (χ4n) is 0.306. The van der Waals surface area contributed by atoms with Crippen LogP contribution in [-0.2, 0) is 18.4 Å². The van der Waals surface area contributed by atoms with Crippen LogP contribution in [0.1, 0.15) is 13.8 Å². The molecule has 0 bridgehead atoms. The standard InChI is InChI=1S/C6H13O4P/c1-5(2)6(7)10-11(4,8)9-3/h5H,1-4H3. The van der Waals surface area contributed by atoms with Crippen LogP contribution in [0.25, 0.3) is 0 Å². The van der Waals surface area contributed by atoms with E-state index in [1.807, 2.05) is 0 Å². The molecule has 5 heteroatoms. The third-order valence-corrected chi connectivity index (χ3v) is 2.23. The van der Waals surface area contributed by atoms with Crippen molar-refractivity contribution in [2.24, 2.45) is 5.92 Å². The summed E-state index contributed by atoms with van der Waals surface area (Å²) >= 11 is 0. The Morgan fingerprint density at radius 3 is 2.18 bits per heavy atom. The highest BCUT2D eigenvalue weighted by molar-refractivity contribution is 7.53. The van der Waals surface area contributed by atoms with E-state index in [4.69, 9.17) is 0 Å². The molecule has 0 saturated carbocycles. The van der Waals surface area contributed by atoms with Crippen LogP contribution in [0.4, 0.5) is 0 Å². The molecule has 66 valence electrons. The third-order valence-electron chi connectivity index (χ3n) is 1.06. The molecule has 0 aromatic heterocycles. The SMILES string of the molecule is COP(C)(=O)OC(=O)C(C)C. The first-order valence-electron chi connectivity index (χ1n) is 3.25. The van der Waals surface area contributed by atoms with E-state index in [9.17, 15) is 9.36 Å². The maximum atomic E-state index is 11.0. The van der Waals surface area contributed by atoms with Gasteiger partial charge in [0.1, 0.15) is 0 Å². The van der Waals surface area contributed by atoms with E-state index in [0.717, 1.165) is 0 Å². The van der Waals surface area contributed by atoms with Gasteiger partial charge in [-0.2, -0.15) is 0 Å². The summed E-state index contributed by atoms with van der Waals surface area (Å²) in [4.78, 5) is 10.8. The molecule has 0 saturated heterocycles. The maximum Gasteiger partial charge on any atom is 0.378 e. The molecule has 0 aromatic carbocycles. The van der Waals surface area contributed by atoms with Gasteiger partial charge in [-0.15, -0.1) is 0 Å². The third kappa shape index (κ3) is 4.17. The Labute approximate surface area is 66.4 Å². The molecule has 1 unspecified atom stereocenters. The normalized spacial score (nSPS) is 16.1. The molecular formula is C6H13O4P. The summed E-state index contributed by atoms with van der Waals surface area (Å²) in [5.74, 6) is -0.781. The van der Waals surface area contributed by atoms with E-state index in [2.05, 4.69) is 9.05 Å². The van der Waals surface area contributed by atoms with E-state index in [1.54, 1.807) is 13.8 Å². The van der Waals surface area contributed by atoms with E-state index < -0.39 is 13.6 Å². The van der Waals surface area contributed by atoms with E-state index in [1.165, 1.54) is 13.8 Å². The molecule has 11 heavy (non-hydrogen) atoms. The molecule has 1 atom stereocenters. The fourth-order valence-corrected chi connectivity index (χ4v) is 0.918. The van der Waals surface area contributed by atoms with Gasteiger partial charge in [-0.1, -0.05) is 13.8 Å².